The summed E-state index contributed by atoms with van der Waals surface area (Å²) in [4.78, 5) is 23.3. The van der Waals surface area contributed by atoms with Gasteiger partial charge >= 0.3 is 11.9 Å². The maximum atomic E-state index is 11.7. The minimum Gasteiger partial charge on any atom is -0.463 e. The second kappa shape index (κ2) is 11.4. The van der Waals surface area contributed by atoms with E-state index in [9.17, 15) is 9.59 Å². The Labute approximate surface area is 175 Å². The molecule has 2 aromatic carbocycles. The summed E-state index contributed by atoms with van der Waals surface area (Å²) in [5.41, 5.74) is -0.580. The van der Waals surface area contributed by atoms with E-state index in [-0.39, 0.29) is 0 Å². The van der Waals surface area contributed by atoms with Crippen molar-refractivity contribution in [1.82, 2.24) is 0 Å². The third-order valence-corrected chi connectivity index (χ3v) is 7.66. The second-order valence-corrected chi connectivity index (χ2v) is 10.9. The Morgan fingerprint density at radius 3 is 1.86 bits per heavy atom. The molecule has 2 rings (SSSR count). The molecule has 0 aliphatic rings. The highest BCUT2D eigenvalue weighted by molar-refractivity contribution is 6.85. The molecule has 5 heteroatoms. The van der Waals surface area contributed by atoms with Crippen molar-refractivity contribution >= 4 is 31.1 Å². The van der Waals surface area contributed by atoms with E-state index >= 15 is 0 Å². The zero-order valence-electron chi connectivity index (χ0n) is 17.5. The molecule has 154 valence electrons. The van der Waals surface area contributed by atoms with Gasteiger partial charge in [0.2, 0.25) is 0 Å². The molecule has 0 saturated heterocycles. The monoisotopic (exact) mass is 410 g/mol. The largest absolute Gasteiger partial charge is 0.463 e. The maximum absolute atomic E-state index is 11.7. The molecule has 2 aromatic rings. The number of benzene rings is 2. The fourth-order valence-electron chi connectivity index (χ4n) is 3.04. The Bertz CT molecular complexity index is 755. The van der Waals surface area contributed by atoms with Crippen LogP contribution in [0.15, 0.2) is 72.8 Å². The van der Waals surface area contributed by atoms with E-state index in [1.54, 1.807) is 20.8 Å². The molecule has 0 heterocycles. The van der Waals surface area contributed by atoms with E-state index in [2.05, 4.69) is 48.5 Å². The molecular weight excluding hydrogens is 380 g/mol. The molecule has 29 heavy (non-hydrogen) atoms. The lowest BCUT2D eigenvalue weighted by Gasteiger charge is -2.17. The molecule has 0 aliphatic heterocycles. The van der Waals surface area contributed by atoms with Crippen molar-refractivity contribution < 1.29 is 19.1 Å². The number of hydrogen-bond donors (Lipinski definition) is 0. The van der Waals surface area contributed by atoms with Crippen LogP contribution < -0.4 is 10.4 Å². The van der Waals surface area contributed by atoms with Crippen LogP contribution in [0.2, 0.25) is 6.04 Å². The first-order valence-corrected chi connectivity index (χ1v) is 12.0. The van der Waals surface area contributed by atoms with E-state index in [0.29, 0.717) is 6.61 Å². The first kappa shape index (κ1) is 22.6. The number of esters is 2. The van der Waals surface area contributed by atoms with E-state index < -0.39 is 26.3 Å². The first-order valence-electron chi connectivity index (χ1n) is 10.0. The molecule has 0 aliphatic carbocycles. The van der Waals surface area contributed by atoms with Gasteiger partial charge in [-0.25, -0.2) is 9.59 Å². The maximum Gasteiger partial charge on any atom is 0.331 e. The van der Waals surface area contributed by atoms with Crippen molar-refractivity contribution in [3.8, 4) is 0 Å². The van der Waals surface area contributed by atoms with Crippen molar-refractivity contribution in [3.05, 3.63) is 72.8 Å². The van der Waals surface area contributed by atoms with Crippen LogP contribution in [0.3, 0.4) is 0 Å². The summed E-state index contributed by atoms with van der Waals surface area (Å²) < 4.78 is 10.3. The lowest BCUT2D eigenvalue weighted by atomic mass is 10.2. The Kier molecular flexibility index (Phi) is 8.87. The van der Waals surface area contributed by atoms with Crippen molar-refractivity contribution in [2.45, 2.75) is 45.3 Å². The number of rotatable bonds is 9. The molecule has 0 fully saturated rings. The molecule has 0 aromatic heterocycles. The zero-order chi connectivity index (χ0) is 21.1. The highest BCUT2D eigenvalue weighted by atomic mass is 28.3. The van der Waals surface area contributed by atoms with Crippen LogP contribution >= 0.6 is 0 Å². The van der Waals surface area contributed by atoms with Crippen LogP contribution in [0.1, 0.15) is 33.6 Å². The fourth-order valence-corrected chi connectivity index (χ4v) is 6.16. The van der Waals surface area contributed by atoms with E-state index in [4.69, 9.17) is 9.47 Å². The lowest BCUT2D eigenvalue weighted by molar-refractivity contribution is -0.149. The molecule has 0 amide bonds. The van der Waals surface area contributed by atoms with Crippen molar-refractivity contribution in [1.29, 1.82) is 0 Å². The van der Waals surface area contributed by atoms with Gasteiger partial charge < -0.3 is 9.47 Å². The summed E-state index contributed by atoms with van der Waals surface area (Å²) in [5, 5.41) is 2.85. The van der Waals surface area contributed by atoms with Crippen molar-refractivity contribution in [2.75, 3.05) is 6.61 Å². The van der Waals surface area contributed by atoms with Gasteiger partial charge in [-0.2, -0.15) is 0 Å². The molecule has 0 spiro atoms. The molecule has 0 unspecified atom stereocenters. The highest BCUT2D eigenvalue weighted by Crippen LogP contribution is 2.07. The molecule has 0 N–H and O–H groups in total. The van der Waals surface area contributed by atoms with E-state index in [1.807, 2.05) is 12.1 Å². The average Bonchev–Trinajstić information content (AvgIpc) is 2.69. The Morgan fingerprint density at radius 2 is 1.34 bits per heavy atom. The minimum absolute atomic E-state index is 0.349. The van der Waals surface area contributed by atoms with E-state index in [1.165, 1.54) is 10.4 Å². The third kappa shape index (κ3) is 8.92. The Balaban J connectivity index is 1.78. The van der Waals surface area contributed by atoms with Gasteiger partial charge in [-0.15, -0.1) is 0 Å². The zero-order valence-corrected chi connectivity index (χ0v) is 18.6. The Morgan fingerprint density at radius 1 is 0.828 bits per heavy atom. The van der Waals surface area contributed by atoms with Crippen LogP contribution in [0.5, 0.6) is 0 Å². The highest BCUT2D eigenvalue weighted by Gasteiger charge is 2.16. The number of carbonyl (C=O) groups excluding carboxylic acids is 2. The summed E-state index contributed by atoms with van der Waals surface area (Å²) >= 11 is 0. The minimum atomic E-state index is -1.28. The van der Waals surface area contributed by atoms with Crippen molar-refractivity contribution in [3.63, 3.8) is 0 Å². The van der Waals surface area contributed by atoms with E-state index in [0.717, 1.165) is 31.0 Å². The number of carbonyl (C=O) groups is 2. The number of unbranched alkanes of at least 4 members (excludes halogenated alkanes) is 1. The molecular formula is C24H30O4Si. The molecule has 0 radical (unpaired) electrons. The summed E-state index contributed by atoms with van der Waals surface area (Å²) in [6.07, 6.45) is 4.03. The lowest BCUT2D eigenvalue weighted by Crippen LogP contribution is -2.41. The van der Waals surface area contributed by atoms with Gasteiger partial charge in [0.25, 0.3) is 0 Å². The van der Waals surface area contributed by atoms with Crippen LogP contribution in [0.4, 0.5) is 0 Å². The van der Waals surface area contributed by atoms with Gasteiger partial charge in [-0.05, 0) is 27.2 Å². The molecule has 0 saturated carbocycles. The van der Waals surface area contributed by atoms with Gasteiger partial charge in [0, 0.05) is 12.2 Å². The molecule has 4 nitrogen and oxygen atoms in total. The first-order chi connectivity index (χ1) is 13.8. The van der Waals surface area contributed by atoms with Gasteiger partial charge in [0.05, 0.1) is 6.61 Å². The summed E-state index contributed by atoms with van der Waals surface area (Å²) in [5.74, 6) is -1.07. The van der Waals surface area contributed by atoms with Gasteiger partial charge in [0.1, 0.15) is 14.4 Å². The summed E-state index contributed by atoms with van der Waals surface area (Å²) in [6, 6.07) is 22.4. The smallest absolute Gasteiger partial charge is 0.331 e. The standard InChI is InChI=1S/C24H30O4Si/c1-24(2,3)28-23(26)17-16-22(25)27-18-10-11-19-29(20-12-6-4-7-13-20)21-14-8-5-9-15-21/h4-9,12-17,29H,10-11,18-19H2,1-3H3/b17-16+. The van der Waals surface area contributed by atoms with Crippen LogP contribution in [-0.4, -0.2) is 32.9 Å². The van der Waals surface area contributed by atoms with Crippen LogP contribution in [0, 0.1) is 0 Å². The van der Waals surface area contributed by atoms with Crippen molar-refractivity contribution in [2.24, 2.45) is 0 Å². The average molecular weight is 411 g/mol. The van der Waals surface area contributed by atoms with Gasteiger partial charge in [-0.3, -0.25) is 0 Å². The summed E-state index contributed by atoms with van der Waals surface area (Å²) in [7, 11) is -1.28. The number of ether oxygens (including phenoxy) is 2. The Hall–Kier alpha value is -2.66. The molecule has 0 atom stereocenters. The van der Waals surface area contributed by atoms with Gasteiger partial charge in [0.15, 0.2) is 0 Å². The molecule has 0 bridgehead atoms. The summed E-state index contributed by atoms with van der Waals surface area (Å²) in [6.45, 7) is 5.68. The quantitative estimate of drug-likeness (QED) is 0.276. The normalized spacial score (nSPS) is 11.6. The third-order valence-electron chi connectivity index (χ3n) is 4.30. The van der Waals surface area contributed by atoms with Crippen LogP contribution in [-0.2, 0) is 19.1 Å². The van der Waals surface area contributed by atoms with Gasteiger partial charge in [-0.1, -0.05) is 83.5 Å². The topological polar surface area (TPSA) is 52.6 Å². The second-order valence-electron chi connectivity index (χ2n) is 7.90. The number of hydrogen-bond acceptors (Lipinski definition) is 4. The SMILES string of the molecule is CC(C)(C)OC(=O)/C=C/C(=O)OCCCC[SiH](c1ccccc1)c1ccccc1. The predicted octanol–water partition coefficient (Wildman–Crippen LogP) is 3.25. The predicted molar refractivity (Wildman–Crippen MR) is 119 cm³/mol. The van der Waals surface area contributed by atoms with Crippen LogP contribution in [0.25, 0.3) is 0 Å². The fraction of sp³-hybridized carbons (Fsp3) is 0.333.